The third-order valence-electron chi connectivity index (χ3n) is 3.62. The zero-order valence-corrected chi connectivity index (χ0v) is 12.6. The second kappa shape index (κ2) is 5.91. The van der Waals surface area contributed by atoms with Gasteiger partial charge in [0.15, 0.2) is 0 Å². The highest BCUT2D eigenvalue weighted by atomic mass is 16.2. The fourth-order valence-corrected chi connectivity index (χ4v) is 2.36. The lowest BCUT2D eigenvalue weighted by molar-refractivity contribution is 0.0996. The van der Waals surface area contributed by atoms with E-state index in [0.717, 1.165) is 16.8 Å². The highest BCUT2D eigenvalue weighted by Gasteiger charge is 2.27. The molecule has 2 aromatic rings. The molecule has 0 saturated carbocycles. The summed E-state index contributed by atoms with van der Waals surface area (Å²) in [6.45, 7) is 8.84. The molecule has 20 heavy (non-hydrogen) atoms. The Morgan fingerprint density at radius 2 is 1.65 bits per heavy atom. The molecule has 2 nitrogen and oxygen atoms in total. The zero-order valence-electron chi connectivity index (χ0n) is 12.6. The van der Waals surface area contributed by atoms with Crippen LogP contribution < -0.4 is 4.90 Å². The molecule has 0 aliphatic carbocycles. The number of benzene rings is 2. The van der Waals surface area contributed by atoms with Crippen LogP contribution in [0.4, 0.5) is 5.69 Å². The van der Waals surface area contributed by atoms with Crippen LogP contribution in [0.5, 0.6) is 0 Å². The van der Waals surface area contributed by atoms with E-state index in [1.165, 1.54) is 11.1 Å². The number of nitrogens with zero attached hydrogens (tertiary/aromatic N) is 1. The van der Waals surface area contributed by atoms with Crippen LogP contribution in [-0.2, 0) is 6.54 Å². The van der Waals surface area contributed by atoms with Crippen LogP contribution in [0, 0.1) is 13.8 Å². The molecule has 0 aromatic heterocycles. The van der Waals surface area contributed by atoms with E-state index in [1.54, 1.807) is 0 Å². The Morgan fingerprint density at radius 3 is 2.30 bits per heavy atom. The van der Waals surface area contributed by atoms with Crippen molar-refractivity contribution in [2.45, 2.75) is 34.2 Å². The minimum absolute atomic E-state index is 0.105. The number of hydrogen-bond donors (Lipinski definition) is 0. The fraction of sp³-hybridized carbons (Fsp3) is 0.278. The zero-order chi connectivity index (χ0) is 14.7. The van der Waals surface area contributed by atoms with Gasteiger partial charge >= 0.3 is 0 Å². The second-order valence-electron chi connectivity index (χ2n) is 4.82. The summed E-state index contributed by atoms with van der Waals surface area (Å²) in [7, 11) is 0. The highest BCUT2D eigenvalue weighted by molar-refractivity contribution is 6.10. The first-order valence-corrected chi connectivity index (χ1v) is 7.14. The topological polar surface area (TPSA) is 20.3 Å². The predicted molar refractivity (Wildman–Crippen MR) is 84.2 cm³/mol. The third kappa shape index (κ3) is 2.46. The summed E-state index contributed by atoms with van der Waals surface area (Å²) in [6, 6.07) is 14.0. The highest BCUT2D eigenvalue weighted by Crippen LogP contribution is 2.29. The van der Waals surface area contributed by atoms with Gasteiger partial charge in [0.25, 0.3) is 5.91 Å². The van der Waals surface area contributed by atoms with E-state index in [9.17, 15) is 4.79 Å². The number of amides is 1. The maximum absolute atomic E-state index is 12.3. The van der Waals surface area contributed by atoms with Crippen molar-refractivity contribution < 1.29 is 4.79 Å². The van der Waals surface area contributed by atoms with Crippen molar-refractivity contribution in [3.63, 3.8) is 0 Å². The Kier molecular flexibility index (Phi) is 4.23. The van der Waals surface area contributed by atoms with Crippen molar-refractivity contribution in [1.82, 2.24) is 0 Å². The smallest absolute Gasteiger partial charge is 0.258 e. The second-order valence-corrected chi connectivity index (χ2v) is 4.82. The average Bonchev–Trinajstić information content (AvgIpc) is 2.82. The van der Waals surface area contributed by atoms with Gasteiger partial charge in [-0.3, -0.25) is 4.79 Å². The van der Waals surface area contributed by atoms with Crippen molar-refractivity contribution in [2.75, 3.05) is 4.90 Å². The molecule has 0 bridgehead atoms. The average molecular weight is 267 g/mol. The number of rotatable bonds is 1. The standard InChI is InChI=1S/C16H15NO.C2H6/c1-11-7-8-14(9-12(11)2)17-10-13-5-3-4-6-15(13)16(17)18;1-2/h3-9H,10H2,1-2H3;1-2H3. The van der Waals surface area contributed by atoms with Gasteiger partial charge in [0.2, 0.25) is 0 Å². The van der Waals surface area contributed by atoms with Gasteiger partial charge in [-0.15, -0.1) is 0 Å². The van der Waals surface area contributed by atoms with Gasteiger partial charge < -0.3 is 4.90 Å². The Balaban J connectivity index is 0.000000704. The molecule has 0 spiro atoms. The van der Waals surface area contributed by atoms with Crippen LogP contribution in [0.15, 0.2) is 42.5 Å². The molecule has 2 aromatic carbocycles. The van der Waals surface area contributed by atoms with E-state index in [0.29, 0.717) is 6.54 Å². The number of aryl methyl sites for hydroxylation is 2. The Labute approximate surface area is 121 Å². The minimum Gasteiger partial charge on any atom is -0.304 e. The molecule has 3 rings (SSSR count). The van der Waals surface area contributed by atoms with Gasteiger partial charge in [-0.05, 0) is 48.7 Å². The van der Waals surface area contributed by atoms with Crippen LogP contribution >= 0.6 is 0 Å². The first-order chi connectivity index (χ1) is 9.66. The number of anilines is 1. The summed E-state index contributed by atoms with van der Waals surface area (Å²) in [5.74, 6) is 0.105. The van der Waals surface area contributed by atoms with Crippen LogP contribution in [0.25, 0.3) is 0 Å². The summed E-state index contributed by atoms with van der Waals surface area (Å²) >= 11 is 0. The van der Waals surface area contributed by atoms with E-state index >= 15 is 0 Å². The first kappa shape index (κ1) is 14.3. The lowest BCUT2D eigenvalue weighted by Crippen LogP contribution is -2.23. The van der Waals surface area contributed by atoms with Gasteiger partial charge in [-0.1, -0.05) is 38.1 Å². The Hall–Kier alpha value is -2.09. The summed E-state index contributed by atoms with van der Waals surface area (Å²) in [5.41, 5.74) is 5.40. The van der Waals surface area contributed by atoms with Crippen molar-refractivity contribution in [3.05, 3.63) is 64.7 Å². The van der Waals surface area contributed by atoms with Gasteiger partial charge in [-0.25, -0.2) is 0 Å². The molecule has 2 heteroatoms. The van der Waals surface area contributed by atoms with E-state index < -0.39 is 0 Å². The van der Waals surface area contributed by atoms with E-state index in [4.69, 9.17) is 0 Å². The van der Waals surface area contributed by atoms with Gasteiger partial charge in [0.1, 0.15) is 0 Å². The predicted octanol–water partition coefficient (Wildman–Crippen LogP) is 4.49. The van der Waals surface area contributed by atoms with Crippen molar-refractivity contribution in [3.8, 4) is 0 Å². The lowest BCUT2D eigenvalue weighted by atomic mass is 10.1. The summed E-state index contributed by atoms with van der Waals surface area (Å²) in [5, 5.41) is 0. The fourth-order valence-electron chi connectivity index (χ4n) is 2.36. The van der Waals surface area contributed by atoms with Gasteiger partial charge in [-0.2, -0.15) is 0 Å². The Morgan fingerprint density at radius 1 is 0.950 bits per heavy atom. The molecule has 0 saturated heterocycles. The maximum Gasteiger partial charge on any atom is 0.258 e. The van der Waals surface area contributed by atoms with E-state index in [-0.39, 0.29) is 5.91 Å². The maximum atomic E-state index is 12.3. The number of carbonyl (C=O) groups excluding carboxylic acids is 1. The van der Waals surface area contributed by atoms with Crippen molar-refractivity contribution in [2.24, 2.45) is 0 Å². The molecule has 1 heterocycles. The Bertz CT molecular complexity index is 631. The van der Waals surface area contributed by atoms with Crippen molar-refractivity contribution >= 4 is 11.6 Å². The van der Waals surface area contributed by atoms with Crippen LogP contribution in [-0.4, -0.2) is 5.91 Å². The molecular weight excluding hydrogens is 246 g/mol. The molecular formula is C18H21NO. The normalized spacial score (nSPS) is 12.8. The van der Waals surface area contributed by atoms with Crippen molar-refractivity contribution in [1.29, 1.82) is 0 Å². The van der Waals surface area contributed by atoms with Crippen LogP contribution in [0.2, 0.25) is 0 Å². The lowest BCUT2D eigenvalue weighted by Gasteiger charge is -2.17. The largest absolute Gasteiger partial charge is 0.304 e. The summed E-state index contributed by atoms with van der Waals surface area (Å²) in [4.78, 5) is 14.2. The van der Waals surface area contributed by atoms with Gasteiger partial charge in [0.05, 0.1) is 6.54 Å². The van der Waals surface area contributed by atoms with E-state index in [1.807, 2.05) is 49.1 Å². The number of hydrogen-bond acceptors (Lipinski definition) is 1. The van der Waals surface area contributed by atoms with E-state index in [2.05, 4.69) is 26.0 Å². The molecule has 1 amide bonds. The molecule has 0 unspecified atom stereocenters. The summed E-state index contributed by atoms with van der Waals surface area (Å²) in [6.07, 6.45) is 0. The van der Waals surface area contributed by atoms with Crippen LogP contribution in [0.1, 0.15) is 40.9 Å². The van der Waals surface area contributed by atoms with Crippen LogP contribution in [0.3, 0.4) is 0 Å². The molecule has 0 N–H and O–H groups in total. The summed E-state index contributed by atoms with van der Waals surface area (Å²) < 4.78 is 0. The van der Waals surface area contributed by atoms with Gasteiger partial charge in [0, 0.05) is 11.3 Å². The SMILES string of the molecule is CC.Cc1ccc(N2Cc3ccccc3C2=O)cc1C. The molecule has 1 aliphatic heterocycles. The quantitative estimate of drug-likeness (QED) is 0.745. The molecule has 0 atom stereocenters. The number of carbonyl (C=O) groups is 1. The molecule has 0 radical (unpaired) electrons. The number of fused-ring (bicyclic) bond motifs is 1. The molecule has 1 aliphatic rings. The molecule has 104 valence electrons. The third-order valence-corrected chi connectivity index (χ3v) is 3.62. The monoisotopic (exact) mass is 267 g/mol. The first-order valence-electron chi connectivity index (χ1n) is 7.14. The minimum atomic E-state index is 0.105. The molecule has 0 fully saturated rings.